The van der Waals surface area contributed by atoms with Crippen LogP contribution >= 0.6 is 0 Å². The maximum absolute atomic E-state index is 12.2. The molecule has 8 unspecified atom stereocenters. The van der Waals surface area contributed by atoms with Crippen molar-refractivity contribution in [3.63, 3.8) is 0 Å². The van der Waals surface area contributed by atoms with Gasteiger partial charge in [-0.25, -0.2) is 0 Å². The van der Waals surface area contributed by atoms with Crippen LogP contribution in [0.15, 0.2) is 0 Å². The van der Waals surface area contributed by atoms with Gasteiger partial charge in [-0.15, -0.1) is 0 Å². The zero-order valence-electron chi connectivity index (χ0n) is 26.2. The van der Waals surface area contributed by atoms with Crippen molar-refractivity contribution in [3.05, 3.63) is 0 Å². The van der Waals surface area contributed by atoms with E-state index in [1.165, 1.54) is 32.1 Å². The van der Waals surface area contributed by atoms with Crippen LogP contribution in [0.5, 0.6) is 0 Å². The summed E-state index contributed by atoms with van der Waals surface area (Å²) in [5.41, 5.74) is 1.25. The van der Waals surface area contributed by atoms with Crippen LogP contribution in [0.3, 0.4) is 0 Å². The van der Waals surface area contributed by atoms with Crippen molar-refractivity contribution in [2.75, 3.05) is 0 Å². The van der Waals surface area contributed by atoms with Gasteiger partial charge in [0.15, 0.2) is 0 Å². The fraction of sp³-hybridized carbons (Fsp3) is 0.935. The van der Waals surface area contributed by atoms with E-state index in [-0.39, 0.29) is 29.1 Å². The second-order valence-corrected chi connectivity index (χ2v) is 28.0. The minimum Gasteiger partial charge on any atom is -0.460 e. The number of ether oxygens (including phenoxy) is 2. The zero-order chi connectivity index (χ0) is 28.1. The third kappa shape index (κ3) is 8.19. The van der Waals surface area contributed by atoms with E-state index in [0.29, 0.717) is 18.3 Å². The molecule has 0 amide bonds. The summed E-state index contributed by atoms with van der Waals surface area (Å²) in [5, 5.41) is 0. The van der Waals surface area contributed by atoms with E-state index >= 15 is 0 Å². The maximum Gasteiger partial charge on any atom is 0.309 e. The molecule has 8 atom stereocenters. The fourth-order valence-corrected chi connectivity index (χ4v) is 13.7. The Hall–Kier alpha value is -0.626. The number of hydrogen-bond acceptors (Lipinski definition) is 4. The third-order valence-electron chi connectivity index (χ3n) is 9.64. The third-order valence-corrected chi connectivity index (χ3v) is 15.5. The Balaban J connectivity index is 0.000000206. The van der Waals surface area contributed by atoms with Gasteiger partial charge in [0.05, 0.1) is 5.92 Å². The molecule has 4 nitrogen and oxygen atoms in total. The van der Waals surface area contributed by atoms with E-state index in [1.54, 1.807) is 0 Å². The van der Waals surface area contributed by atoms with E-state index < -0.39 is 16.1 Å². The van der Waals surface area contributed by atoms with Crippen LogP contribution in [0.4, 0.5) is 0 Å². The summed E-state index contributed by atoms with van der Waals surface area (Å²) in [6.45, 7) is 26.7. The van der Waals surface area contributed by atoms with Crippen LogP contribution in [-0.4, -0.2) is 39.3 Å². The summed E-state index contributed by atoms with van der Waals surface area (Å²) >= 11 is 0. The second kappa shape index (κ2) is 10.7. The highest BCUT2D eigenvalue weighted by atomic mass is 28.3. The van der Waals surface area contributed by atoms with Gasteiger partial charge in [-0.1, -0.05) is 39.3 Å². The Morgan fingerprint density at radius 1 is 0.622 bits per heavy atom. The average Bonchev–Trinajstić information content (AvgIpc) is 3.43. The molecule has 0 spiro atoms. The highest BCUT2D eigenvalue weighted by Crippen LogP contribution is 2.59. The maximum atomic E-state index is 12.2. The number of carbonyl (C=O) groups excluding carboxylic acids is 2. The first-order chi connectivity index (χ1) is 16.6. The van der Waals surface area contributed by atoms with Gasteiger partial charge in [-0.2, -0.15) is 0 Å². The van der Waals surface area contributed by atoms with E-state index in [9.17, 15) is 9.59 Å². The van der Waals surface area contributed by atoms with Crippen molar-refractivity contribution in [3.8, 4) is 0 Å². The topological polar surface area (TPSA) is 52.6 Å². The van der Waals surface area contributed by atoms with Crippen molar-refractivity contribution < 1.29 is 19.1 Å². The minimum absolute atomic E-state index is 0.00889. The van der Waals surface area contributed by atoms with Crippen LogP contribution in [-0.2, 0) is 19.1 Å². The van der Waals surface area contributed by atoms with Crippen LogP contribution in [0, 0.1) is 35.5 Å². The van der Waals surface area contributed by atoms with Gasteiger partial charge in [0, 0.05) is 22.6 Å². The molecule has 4 aliphatic rings. The lowest BCUT2D eigenvalue weighted by Crippen LogP contribution is -2.36. The molecule has 0 saturated heterocycles. The zero-order valence-corrected chi connectivity index (χ0v) is 28.2. The smallest absolute Gasteiger partial charge is 0.309 e. The molecule has 0 aliphatic heterocycles. The summed E-state index contributed by atoms with van der Waals surface area (Å²) < 4.78 is 11.0. The van der Waals surface area contributed by atoms with Crippen LogP contribution in [0.1, 0.15) is 86.5 Å². The largest absolute Gasteiger partial charge is 0.460 e. The lowest BCUT2D eigenvalue weighted by molar-refractivity contribution is -0.162. The molecule has 4 fully saturated rings. The standard InChI is InChI=1S/C16H30O2Si.C15H28O2Si/c1-16(2,3)18-15(17)10-12-8-13-7-11(12)9-14(13)19(4,5)6;1-15(2,3)17-14(16)12-8-11-7-10(12)9-13(11)18(4,5)6/h11-14H,7-10H2,1-6H3;10-13H,7-9H2,1-6H3. The normalized spacial score (nSPS) is 35.2. The Morgan fingerprint density at radius 3 is 1.46 bits per heavy atom. The van der Waals surface area contributed by atoms with E-state index in [0.717, 1.165) is 35.3 Å². The first kappa shape index (κ1) is 30.9. The molecule has 0 heterocycles. The number of esters is 2. The van der Waals surface area contributed by atoms with Gasteiger partial charge >= 0.3 is 11.9 Å². The predicted octanol–water partition coefficient (Wildman–Crippen LogP) is 8.56. The van der Waals surface area contributed by atoms with Gasteiger partial charge in [-0.05, 0) is 121 Å². The quantitative estimate of drug-likeness (QED) is 0.254. The Kier molecular flexibility index (Phi) is 8.97. The predicted molar refractivity (Wildman–Crippen MR) is 159 cm³/mol. The van der Waals surface area contributed by atoms with Gasteiger partial charge in [-0.3, -0.25) is 9.59 Å². The Morgan fingerprint density at radius 2 is 1.08 bits per heavy atom. The molecule has 0 N–H and O–H groups in total. The van der Waals surface area contributed by atoms with Crippen molar-refractivity contribution in [2.24, 2.45) is 35.5 Å². The Labute approximate surface area is 230 Å². The van der Waals surface area contributed by atoms with Crippen LogP contribution in [0.2, 0.25) is 50.4 Å². The first-order valence-corrected chi connectivity index (χ1v) is 22.2. The molecule has 0 aromatic rings. The molecule has 214 valence electrons. The number of carbonyl (C=O) groups is 2. The summed E-state index contributed by atoms with van der Waals surface area (Å²) in [4.78, 5) is 24.2. The molecule has 4 aliphatic carbocycles. The summed E-state index contributed by atoms with van der Waals surface area (Å²) in [5.74, 6) is 3.99. The van der Waals surface area contributed by atoms with Crippen molar-refractivity contribution in [2.45, 2.75) is 148 Å². The molecule has 4 bridgehead atoms. The SMILES string of the molecule is CC(C)(C)OC(=O)C1CC2CC1CC2[Si](C)(C)C.CC(C)(C)OC(=O)CC1CC2CC1CC2[Si](C)(C)C. The number of hydrogen-bond donors (Lipinski definition) is 0. The lowest BCUT2D eigenvalue weighted by atomic mass is 9.86. The lowest BCUT2D eigenvalue weighted by Gasteiger charge is -2.35. The van der Waals surface area contributed by atoms with Crippen LogP contribution in [0.25, 0.3) is 0 Å². The molecule has 0 radical (unpaired) electrons. The Bertz CT molecular complexity index is 826. The monoisotopic (exact) mass is 550 g/mol. The summed E-state index contributed by atoms with van der Waals surface area (Å²) in [6.07, 6.45) is 8.34. The first-order valence-electron chi connectivity index (χ1n) is 15.1. The molecule has 37 heavy (non-hydrogen) atoms. The van der Waals surface area contributed by atoms with Crippen LogP contribution < -0.4 is 0 Å². The van der Waals surface area contributed by atoms with Crippen molar-refractivity contribution in [1.29, 1.82) is 0 Å². The average molecular weight is 551 g/mol. The summed E-state index contributed by atoms with van der Waals surface area (Å²) in [6, 6.07) is 0. The van der Waals surface area contributed by atoms with E-state index in [2.05, 4.69) is 39.3 Å². The molecular formula is C31H58O4Si2. The second-order valence-electron chi connectivity index (χ2n) is 17.1. The fourth-order valence-electron chi connectivity index (χ4n) is 8.31. The molecule has 0 aromatic heterocycles. The molecule has 4 rings (SSSR count). The van der Waals surface area contributed by atoms with E-state index in [4.69, 9.17) is 9.47 Å². The van der Waals surface area contributed by atoms with Crippen molar-refractivity contribution in [1.82, 2.24) is 0 Å². The van der Waals surface area contributed by atoms with Crippen molar-refractivity contribution >= 4 is 28.1 Å². The number of fused-ring (bicyclic) bond motifs is 4. The highest BCUT2D eigenvalue weighted by Gasteiger charge is 2.53. The summed E-state index contributed by atoms with van der Waals surface area (Å²) in [7, 11) is -2.04. The molecule has 6 heteroatoms. The molecular weight excluding hydrogens is 493 g/mol. The van der Waals surface area contributed by atoms with Gasteiger partial charge in [0.2, 0.25) is 0 Å². The molecule has 4 saturated carbocycles. The minimum atomic E-state index is -1.04. The molecule has 0 aromatic carbocycles. The highest BCUT2D eigenvalue weighted by molar-refractivity contribution is 6.78. The van der Waals surface area contributed by atoms with Gasteiger partial charge in [0.1, 0.15) is 11.2 Å². The number of rotatable bonds is 5. The van der Waals surface area contributed by atoms with Gasteiger partial charge < -0.3 is 9.47 Å². The van der Waals surface area contributed by atoms with Gasteiger partial charge in [0.25, 0.3) is 0 Å². The van der Waals surface area contributed by atoms with E-state index in [1.807, 2.05) is 41.5 Å².